The van der Waals surface area contributed by atoms with Gasteiger partial charge in [0.05, 0.1) is 0 Å². The molecule has 0 saturated heterocycles. The lowest BCUT2D eigenvalue weighted by atomic mass is 10.3. The lowest BCUT2D eigenvalue weighted by molar-refractivity contribution is -0.134. The molecule has 0 heterocycles. The van der Waals surface area contributed by atoms with Crippen LogP contribution in [0.4, 0.5) is 16.2 Å². The highest BCUT2D eigenvalue weighted by atomic mass is 32.2. The van der Waals surface area contributed by atoms with E-state index in [0.717, 1.165) is 0 Å². The minimum absolute atomic E-state index is 0.0269. The van der Waals surface area contributed by atoms with Gasteiger partial charge in [0.2, 0.25) is 0 Å². The largest absolute Gasteiger partial charge is 0.427 e. The Hall–Kier alpha value is -3.85. The molecule has 0 unspecified atom stereocenters. The second-order valence-electron chi connectivity index (χ2n) is 6.31. The number of hydrogen-bond acceptors (Lipinski definition) is 6. The second kappa shape index (κ2) is 9.77. The molecule has 0 saturated carbocycles. The van der Waals surface area contributed by atoms with E-state index < -0.39 is 22.1 Å². The van der Waals surface area contributed by atoms with Crippen LogP contribution in [-0.4, -0.2) is 20.4 Å². The first kappa shape index (κ1) is 21.8. The van der Waals surface area contributed by atoms with Crippen molar-refractivity contribution in [2.24, 2.45) is 0 Å². The van der Waals surface area contributed by atoms with Crippen LogP contribution in [-0.2, 0) is 14.9 Å². The van der Waals surface area contributed by atoms with Gasteiger partial charge >= 0.3 is 22.1 Å². The first-order valence-corrected chi connectivity index (χ1v) is 10.7. The predicted octanol–water partition coefficient (Wildman–Crippen LogP) is 4.41. The second-order valence-corrected chi connectivity index (χ2v) is 7.86. The first-order chi connectivity index (χ1) is 14.9. The third-order valence-corrected chi connectivity index (χ3v) is 5.22. The number of ether oxygens (including phenoxy) is 1. The number of carbonyl (C=O) groups excluding carboxylic acids is 2. The number of nitrogens with one attached hydrogen (secondary N) is 2. The molecule has 0 radical (unpaired) electrons. The molecular weight excluding hydrogens is 420 g/mol. The number of esters is 1. The molecule has 0 bridgehead atoms. The predicted molar refractivity (Wildman–Crippen MR) is 116 cm³/mol. The minimum atomic E-state index is -4.13. The van der Waals surface area contributed by atoms with Crippen molar-refractivity contribution in [1.29, 1.82) is 0 Å². The maximum absolute atomic E-state index is 12.5. The zero-order chi connectivity index (χ0) is 22.3. The Balaban J connectivity index is 1.66. The van der Waals surface area contributed by atoms with Crippen molar-refractivity contribution in [3.8, 4) is 11.5 Å². The summed E-state index contributed by atoms with van der Waals surface area (Å²) in [5, 5.41) is 5.28. The first-order valence-electron chi connectivity index (χ1n) is 9.34. The Morgan fingerprint density at radius 1 is 0.806 bits per heavy atom. The van der Waals surface area contributed by atoms with Crippen molar-refractivity contribution in [3.05, 3.63) is 78.9 Å². The molecule has 3 aromatic carbocycles. The summed E-state index contributed by atoms with van der Waals surface area (Å²) >= 11 is 0. The molecule has 3 aromatic rings. The summed E-state index contributed by atoms with van der Waals surface area (Å²) in [5.74, 6) is -0.159. The highest BCUT2D eigenvalue weighted by Gasteiger charge is 2.17. The van der Waals surface area contributed by atoms with Crippen molar-refractivity contribution in [2.75, 3.05) is 10.6 Å². The molecule has 8 nitrogen and oxygen atoms in total. The maximum atomic E-state index is 12.5. The maximum Gasteiger partial charge on any atom is 0.339 e. The topological polar surface area (TPSA) is 111 Å². The van der Waals surface area contributed by atoms with Gasteiger partial charge in [0.1, 0.15) is 16.4 Å². The summed E-state index contributed by atoms with van der Waals surface area (Å²) in [6.07, 6.45) is 0.205. The Kier molecular flexibility index (Phi) is 6.88. The third kappa shape index (κ3) is 6.31. The van der Waals surface area contributed by atoms with E-state index in [-0.39, 0.29) is 22.8 Å². The van der Waals surface area contributed by atoms with Gasteiger partial charge in [0.25, 0.3) is 0 Å². The van der Waals surface area contributed by atoms with Crippen LogP contribution in [0.2, 0.25) is 0 Å². The van der Waals surface area contributed by atoms with E-state index in [1.165, 1.54) is 36.4 Å². The average Bonchev–Trinajstić information content (AvgIpc) is 2.74. The summed E-state index contributed by atoms with van der Waals surface area (Å²) in [7, 11) is -4.13. The molecule has 0 aliphatic heterocycles. The lowest BCUT2D eigenvalue weighted by Crippen LogP contribution is -2.19. The van der Waals surface area contributed by atoms with E-state index in [2.05, 4.69) is 10.6 Å². The van der Waals surface area contributed by atoms with Gasteiger partial charge in [-0.2, -0.15) is 8.42 Å². The molecular formula is C22H20N2O6S. The summed E-state index contributed by atoms with van der Waals surface area (Å²) in [5.41, 5.74) is 0.964. The molecule has 2 N–H and O–H groups in total. The fraction of sp³-hybridized carbons (Fsp3) is 0.0909. The van der Waals surface area contributed by atoms with Gasteiger partial charge in [-0.05, 0) is 48.5 Å². The molecule has 0 aromatic heterocycles. The monoisotopic (exact) mass is 440 g/mol. The van der Waals surface area contributed by atoms with Gasteiger partial charge in [0.15, 0.2) is 0 Å². The van der Waals surface area contributed by atoms with Crippen LogP contribution in [0.25, 0.3) is 0 Å². The van der Waals surface area contributed by atoms with Gasteiger partial charge < -0.3 is 19.6 Å². The summed E-state index contributed by atoms with van der Waals surface area (Å²) < 4.78 is 35.3. The minimum Gasteiger partial charge on any atom is -0.427 e. The number of carbonyl (C=O) groups is 2. The lowest BCUT2D eigenvalue weighted by Gasteiger charge is -2.11. The van der Waals surface area contributed by atoms with Gasteiger partial charge in [-0.3, -0.25) is 4.79 Å². The fourth-order valence-corrected chi connectivity index (χ4v) is 3.42. The molecule has 0 aliphatic rings. The van der Waals surface area contributed by atoms with Crippen LogP contribution in [0.15, 0.2) is 83.8 Å². The van der Waals surface area contributed by atoms with Crippen LogP contribution in [0, 0.1) is 0 Å². The van der Waals surface area contributed by atoms with Gasteiger partial charge in [0, 0.05) is 23.9 Å². The van der Waals surface area contributed by atoms with E-state index >= 15 is 0 Å². The third-order valence-electron chi connectivity index (χ3n) is 3.96. The van der Waals surface area contributed by atoms with Gasteiger partial charge in [-0.1, -0.05) is 31.2 Å². The Morgan fingerprint density at radius 3 is 2.13 bits per heavy atom. The van der Waals surface area contributed by atoms with E-state index in [1.54, 1.807) is 43.3 Å². The number of hydrogen-bond donors (Lipinski definition) is 2. The van der Waals surface area contributed by atoms with Crippen molar-refractivity contribution < 1.29 is 26.9 Å². The highest BCUT2D eigenvalue weighted by molar-refractivity contribution is 7.87. The van der Waals surface area contributed by atoms with E-state index in [4.69, 9.17) is 8.92 Å². The van der Waals surface area contributed by atoms with Gasteiger partial charge in [-0.25, -0.2) is 4.79 Å². The number of amides is 2. The van der Waals surface area contributed by atoms with Crippen molar-refractivity contribution in [2.45, 2.75) is 18.2 Å². The van der Waals surface area contributed by atoms with Crippen molar-refractivity contribution >= 4 is 33.5 Å². The molecule has 0 aliphatic carbocycles. The van der Waals surface area contributed by atoms with E-state index in [9.17, 15) is 18.0 Å². The fourth-order valence-electron chi connectivity index (χ4n) is 2.49. The molecule has 3 rings (SSSR count). The molecule has 0 fully saturated rings. The average molecular weight is 440 g/mol. The molecule has 0 atom stereocenters. The van der Waals surface area contributed by atoms with Crippen molar-refractivity contribution in [3.63, 3.8) is 0 Å². The van der Waals surface area contributed by atoms with Crippen LogP contribution >= 0.6 is 0 Å². The zero-order valence-electron chi connectivity index (χ0n) is 16.6. The Morgan fingerprint density at radius 2 is 1.45 bits per heavy atom. The SMILES string of the molecule is CCC(=O)Oc1ccc(S(=O)(=O)Oc2cccc(NC(=O)Nc3ccccc3)c2)cc1. The smallest absolute Gasteiger partial charge is 0.339 e. The Bertz CT molecular complexity index is 1160. The highest BCUT2D eigenvalue weighted by Crippen LogP contribution is 2.24. The number of anilines is 2. The number of para-hydroxylation sites is 1. The molecule has 2 amide bonds. The Labute approximate surface area is 179 Å². The van der Waals surface area contributed by atoms with Crippen LogP contribution < -0.4 is 19.6 Å². The normalized spacial score (nSPS) is 10.7. The quantitative estimate of drug-likeness (QED) is 0.320. The number of rotatable bonds is 7. The van der Waals surface area contributed by atoms with Crippen LogP contribution in [0.5, 0.6) is 11.5 Å². The summed E-state index contributed by atoms with van der Waals surface area (Å²) in [6, 6.07) is 19.7. The molecule has 0 spiro atoms. The van der Waals surface area contributed by atoms with E-state index in [1.807, 2.05) is 6.07 Å². The molecule has 31 heavy (non-hydrogen) atoms. The number of urea groups is 1. The summed E-state index contributed by atoms with van der Waals surface area (Å²) in [4.78, 5) is 23.3. The zero-order valence-corrected chi connectivity index (χ0v) is 17.4. The molecule has 160 valence electrons. The van der Waals surface area contributed by atoms with Crippen molar-refractivity contribution in [1.82, 2.24) is 0 Å². The van der Waals surface area contributed by atoms with Gasteiger partial charge in [-0.15, -0.1) is 0 Å². The van der Waals surface area contributed by atoms with Crippen LogP contribution in [0.3, 0.4) is 0 Å². The van der Waals surface area contributed by atoms with Crippen LogP contribution in [0.1, 0.15) is 13.3 Å². The standard InChI is InChI=1S/C22H20N2O6S/c1-2-21(25)29-18-11-13-20(14-12-18)31(27,28)30-19-10-6-9-17(15-19)24-22(26)23-16-7-4-3-5-8-16/h3-15H,2H2,1H3,(H2,23,24,26). The number of benzene rings is 3. The summed E-state index contributed by atoms with van der Waals surface area (Å²) in [6.45, 7) is 1.66. The molecule has 9 heteroatoms. The van der Waals surface area contributed by atoms with E-state index in [0.29, 0.717) is 11.4 Å².